The fourth-order valence-corrected chi connectivity index (χ4v) is 1.84. The Morgan fingerprint density at radius 2 is 2.17 bits per heavy atom. The maximum Gasteiger partial charge on any atom is 0.0253 e. The minimum Gasteiger partial charge on any atom is -0.327 e. The van der Waals surface area contributed by atoms with E-state index in [0.29, 0.717) is 5.92 Å². The van der Waals surface area contributed by atoms with Gasteiger partial charge in [0, 0.05) is 12.1 Å². The molecule has 0 aromatic carbocycles. The van der Waals surface area contributed by atoms with E-state index in [1.807, 2.05) is 6.92 Å². The van der Waals surface area contributed by atoms with Crippen molar-refractivity contribution in [2.75, 3.05) is 0 Å². The first-order valence-electron chi connectivity index (χ1n) is 4.79. The van der Waals surface area contributed by atoms with Gasteiger partial charge in [0.1, 0.15) is 0 Å². The van der Waals surface area contributed by atoms with E-state index in [2.05, 4.69) is 13.0 Å². The van der Waals surface area contributed by atoms with Crippen molar-refractivity contribution in [1.29, 1.82) is 0 Å². The van der Waals surface area contributed by atoms with E-state index in [4.69, 9.17) is 11.5 Å². The zero-order valence-electron chi connectivity index (χ0n) is 8.09. The van der Waals surface area contributed by atoms with E-state index in [9.17, 15) is 0 Å². The average Bonchev–Trinajstić information content (AvgIpc) is 2.03. The lowest BCUT2D eigenvalue weighted by molar-refractivity contribution is 0.395. The molecule has 0 saturated heterocycles. The van der Waals surface area contributed by atoms with Gasteiger partial charge in [0.15, 0.2) is 0 Å². The van der Waals surface area contributed by atoms with Gasteiger partial charge in [0.05, 0.1) is 0 Å². The molecule has 2 nitrogen and oxygen atoms in total. The van der Waals surface area contributed by atoms with E-state index in [0.717, 1.165) is 0 Å². The molecule has 70 valence electrons. The highest BCUT2D eigenvalue weighted by atomic mass is 14.8. The number of hydrogen-bond acceptors (Lipinski definition) is 2. The van der Waals surface area contributed by atoms with Crippen molar-refractivity contribution in [2.45, 2.75) is 45.2 Å². The molecule has 4 N–H and O–H groups in total. The van der Waals surface area contributed by atoms with Crippen LogP contribution in [0.3, 0.4) is 0 Å². The Balaban J connectivity index is 2.56. The summed E-state index contributed by atoms with van der Waals surface area (Å²) in [4.78, 5) is 0. The molecule has 1 aliphatic rings. The third kappa shape index (κ3) is 2.32. The highest BCUT2D eigenvalue weighted by Gasteiger charge is 2.21. The lowest BCUT2D eigenvalue weighted by atomic mass is 9.84. The van der Waals surface area contributed by atoms with Gasteiger partial charge in [-0.25, -0.2) is 0 Å². The molecule has 0 heterocycles. The molecule has 0 aromatic heterocycles. The third-order valence-electron chi connectivity index (χ3n) is 2.71. The number of nitrogens with two attached hydrogens (primary N) is 2. The summed E-state index contributed by atoms with van der Waals surface area (Å²) in [5, 5.41) is 0. The molecule has 0 spiro atoms. The number of allylic oxidation sites excluding steroid dienone is 1. The Labute approximate surface area is 75.0 Å². The second kappa shape index (κ2) is 4.06. The Kier molecular flexibility index (Phi) is 3.29. The molecule has 0 radical (unpaired) electrons. The zero-order valence-corrected chi connectivity index (χ0v) is 8.09. The molecule has 0 fully saturated rings. The Hall–Kier alpha value is -0.340. The van der Waals surface area contributed by atoms with Gasteiger partial charge in [0.25, 0.3) is 0 Å². The summed E-state index contributed by atoms with van der Waals surface area (Å²) in [6.07, 6.45) is 6.02. The van der Waals surface area contributed by atoms with Gasteiger partial charge in [0.2, 0.25) is 0 Å². The van der Waals surface area contributed by atoms with Crippen molar-refractivity contribution in [3.63, 3.8) is 0 Å². The van der Waals surface area contributed by atoms with Crippen LogP contribution in [0.15, 0.2) is 11.6 Å². The summed E-state index contributed by atoms with van der Waals surface area (Å²) in [5.74, 6) is 0.513. The molecule has 0 saturated carbocycles. The van der Waals surface area contributed by atoms with Crippen LogP contribution < -0.4 is 11.5 Å². The van der Waals surface area contributed by atoms with Crippen LogP contribution in [0.5, 0.6) is 0 Å². The van der Waals surface area contributed by atoms with Crippen LogP contribution in [0.1, 0.15) is 33.1 Å². The number of hydrogen-bond donors (Lipinski definition) is 2. The second-order valence-electron chi connectivity index (χ2n) is 4.01. The molecule has 0 amide bonds. The van der Waals surface area contributed by atoms with Crippen molar-refractivity contribution in [3.05, 3.63) is 11.6 Å². The van der Waals surface area contributed by atoms with Crippen LogP contribution in [0.4, 0.5) is 0 Å². The predicted octanol–water partition coefficient (Wildman–Crippen LogP) is 1.41. The molecule has 0 aliphatic heterocycles. The number of rotatable bonds is 2. The maximum atomic E-state index is 5.98. The fraction of sp³-hybridized carbons (Fsp3) is 0.800. The molecule has 1 rings (SSSR count). The normalized spacial score (nSPS) is 29.3. The summed E-state index contributed by atoms with van der Waals surface area (Å²) in [7, 11) is 0. The van der Waals surface area contributed by atoms with Crippen LogP contribution in [0.25, 0.3) is 0 Å². The summed E-state index contributed by atoms with van der Waals surface area (Å²) >= 11 is 0. The molecule has 12 heavy (non-hydrogen) atoms. The summed E-state index contributed by atoms with van der Waals surface area (Å²) in [5.41, 5.74) is 13.2. The largest absolute Gasteiger partial charge is 0.327 e. The quantitative estimate of drug-likeness (QED) is 0.612. The van der Waals surface area contributed by atoms with Crippen LogP contribution in [-0.4, -0.2) is 12.1 Å². The average molecular weight is 168 g/mol. The monoisotopic (exact) mass is 168 g/mol. The van der Waals surface area contributed by atoms with Crippen LogP contribution in [0.2, 0.25) is 0 Å². The van der Waals surface area contributed by atoms with Gasteiger partial charge < -0.3 is 11.5 Å². The van der Waals surface area contributed by atoms with Crippen LogP contribution in [0, 0.1) is 5.92 Å². The Bertz CT molecular complexity index is 173. The minimum atomic E-state index is 0.108. The molecule has 1 aliphatic carbocycles. The molecular weight excluding hydrogens is 148 g/mol. The SMILES string of the molecule is CC1=CC(C(N)C(C)N)CCC1. The molecule has 0 aromatic rings. The lowest BCUT2D eigenvalue weighted by Gasteiger charge is -2.27. The van der Waals surface area contributed by atoms with Crippen molar-refractivity contribution < 1.29 is 0 Å². The van der Waals surface area contributed by atoms with Crippen molar-refractivity contribution in [3.8, 4) is 0 Å². The maximum absolute atomic E-state index is 5.98. The van der Waals surface area contributed by atoms with Gasteiger partial charge in [-0.15, -0.1) is 0 Å². The standard InChI is InChI=1S/C10H20N2/c1-7-4-3-5-9(6-7)10(12)8(2)11/h6,8-10H,3-5,11-12H2,1-2H3. The van der Waals surface area contributed by atoms with Gasteiger partial charge in [-0.05, 0) is 39.0 Å². The van der Waals surface area contributed by atoms with Crippen LogP contribution >= 0.6 is 0 Å². The predicted molar refractivity (Wildman–Crippen MR) is 52.7 cm³/mol. The van der Waals surface area contributed by atoms with Gasteiger partial charge in [-0.3, -0.25) is 0 Å². The lowest BCUT2D eigenvalue weighted by Crippen LogP contribution is -2.44. The van der Waals surface area contributed by atoms with E-state index in [-0.39, 0.29) is 12.1 Å². The molecule has 2 heteroatoms. The zero-order chi connectivity index (χ0) is 9.14. The van der Waals surface area contributed by atoms with Gasteiger partial charge >= 0.3 is 0 Å². The second-order valence-corrected chi connectivity index (χ2v) is 4.01. The first kappa shape index (κ1) is 9.75. The fourth-order valence-electron chi connectivity index (χ4n) is 1.84. The van der Waals surface area contributed by atoms with Gasteiger partial charge in [-0.2, -0.15) is 0 Å². The van der Waals surface area contributed by atoms with E-state index in [1.165, 1.54) is 24.8 Å². The third-order valence-corrected chi connectivity index (χ3v) is 2.71. The summed E-state index contributed by atoms with van der Waals surface area (Å²) in [6.45, 7) is 4.17. The smallest absolute Gasteiger partial charge is 0.0253 e. The highest BCUT2D eigenvalue weighted by molar-refractivity contribution is 5.08. The van der Waals surface area contributed by atoms with Crippen molar-refractivity contribution >= 4 is 0 Å². The van der Waals surface area contributed by atoms with Gasteiger partial charge in [-0.1, -0.05) is 11.6 Å². The molecular formula is C10H20N2. The molecule has 3 unspecified atom stereocenters. The van der Waals surface area contributed by atoms with E-state index < -0.39 is 0 Å². The topological polar surface area (TPSA) is 52.0 Å². The van der Waals surface area contributed by atoms with Crippen molar-refractivity contribution in [1.82, 2.24) is 0 Å². The van der Waals surface area contributed by atoms with E-state index >= 15 is 0 Å². The highest BCUT2D eigenvalue weighted by Crippen LogP contribution is 2.24. The summed E-state index contributed by atoms with van der Waals surface area (Å²) in [6, 6.07) is 0.248. The molecule has 3 atom stereocenters. The first-order chi connectivity index (χ1) is 5.61. The Morgan fingerprint density at radius 1 is 1.50 bits per heavy atom. The van der Waals surface area contributed by atoms with Crippen molar-refractivity contribution in [2.24, 2.45) is 17.4 Å². The Morgan fingerprint density at radius 3 is 2.67 bits per heavy atom. The molecule has 0 bridgehead atoms. The minimum absolute atomic E-state index is 0.108. The van der Waals surface area contributed by atoms with E-state index in [1.54, 1.807) is 0 Å². The van der Waals surface area contributed by atoms with Crippen LogP contribution in [-0.2, 0) is 0 Å². The summed E-state index contributed by atoms with van der Waals surface area (Å²) < 4.78 is 0. The first-order valence-corrected chi connectivity index (χ1v) is 4.79.